The van der Waals surface area contributed by atoms with Crippen LogP contribution in [0.15, 0.2) is 28.8 Å². The fourth-order valence-electron chi connectivity index (χ4n) is 1.74. The van der Waals surface area contributed by atoms with Crippen molar-refractivity contribution in [3.05, 3.63) is 46.6 Å². The minimum Gasteiger partial charge on any atom is -0.443 e. The number of oxazole rings is 1. The SMILES string of the molecule is CC(C)(C)c1cnc(CNc2ccc(Cl)c(C(N)=O)c2)o1. The molecular formula is C15H18ClN3O2. The van der Waals surface area contributed by atoms with Gasteiger partial charge in [0.15, 0.2) is 0 Å². The summed E-state index contributed by atoms with van der Waals surface area (Å²) in [5.74, 6) is 0.846. The summed E-state index contributed by atoms with van der Waals surface area (Å²) in [5.41, 5.74) is 6.19. The Morgan fingerprint density at radius 1 is 1.43 bits per heavy atom. The number of primary amides is 1. The summed E-state index contributed by atoms with van der Waals surface area (Å²) < 4.78 is 5.68. The first kappa shape index (κ1) is 15.4. The molecule has 0 unspecified atom stereocenters. The minimum atomic E-state index is -0.560. The lowest BCUT2D eigenvalue weighted by atomic mass is 9.94. The molecule has 0 aliphatic rings. The normalized spacial score (nSPS) is 11.4. The minimum absolute atomic E-state index is 0.0787. The van der Waals surface area contributed by atoms with E-state index in [1.807, 2.05) is 0 Å². The van der Waals surface area contributed by atoms with Crippen LogP contribution in [-0.2, 0) is 12.0 Å². The van der Waals surface area contributed by atoms with E-state index in [0.29, 0.717) is 17.5 Å². The Labute approximate surface area is 128 Å². The molecule has 0 spiro atoms. The van der Waals surface area contributed by atoms with Crippen LogP contribution in [0.1, 0.15) is 42.8 Å². The quantitative estimate of drug-likeness (QED) is 0.907. The zero-order valence-electron chi connectivity index (χ0n) is 12.2. The van der Waals surface area contributed by atoms with E-state index in [1.165, 1.54) is 0 Å². The lowest BCUT2D eigenvalue weighted by Gasteiger charge is -2.13. The molecule has 2 rings (SSSR count). The van der Waals surface area contributed by atoms with E-state index in [2.05, 4.69) is 31.1 Å². The molecule has 0 aliphatic heterocycles. The van der Waals surface area contributed by atoms with Gasteiger partial charge in [-0.1, -0.05) is 32.4 Å². The van der Waals surface area contributed by atoms with E-state index in [9.17, 15) is 4.79 Å². The average molecular weight is 308 g/mol. The first-order valence-corrected chi connectivity index (χ1v) is 6.93. The molecule has 0 fully saturated rings. The molecule has 6 heteroatoms. The largest absolute Gasteiger partial charge is 0.443 e. The van der Waals surface area contributed by atoms with Crippen LogP contribution >= 0.6 is 11.6 Å². The number of nitrogens with one attached hydrogen (secondary N) is 1. The number of hydrogen-bond donors (Lipinski definition) is 2. The molecule has 0 bridgehead atoms. The van der Waals surface area contributed by atoms with Gasteiger partial charge in [-0.25, -0.2) is 4.98 Å². The molecular weight excluding hydrogens is 290 g/mol. The summed E-state index contributed by atoms with van der Waals surface area (Å²) in [5, 5.41) is 3.46. The molecule has 1 aromatic heterocycles. The first-order valence-electron chi connectivity index (χ1n) is 6.56. The standard InChI is InChI=1S/C15H18ClN3O2/c1-15(2,3)12-7-19-13(21-12)8-18-9-4-5-11(16)10(6-9)14(17)20/h4-7,18H,8H2,1-3H3,(H2,17,20). The molecule has 0 saturated carbocycles. The van der Waals surface area contributed by atoms with Crippen molar-refractivity contribution < 1.29 is 9.21 Å². The van der Waals surface area contributed by atoms with Crippen LogP contribution in [0.25, 0.3) is 0 Å². The van der Waals surface area contributed by atoms with Gasteiger partial charge in [0.1, 0.15) is 5.76 Å². The molecule has 1 aromatic carbocycles. The number of nitrogens with two attached hydrogens (primary N) is 1. The molecule has 3 N–H and O–H groups in total. The summed E-state index contributed by atoms with van der Waals surface area (Å²) in [6.07, 6.45) is 1.73. The van der Waals surface area contributed by atoms with Crippen molar-refractivity contribution in [1.82, 2.24) is 4.98 Å². The van der Waals surface area contributed by atoms with Crippen LogP contribution < -0.4 is 11.1 Å². The van der Waals surface area contributed by atoms with E-state index >= 15 is 0 Å². The number of anilines is 1. The second-order valence-corrected chi connectivity index (χ2v) is 6.19. The van der Waals surface area contributed by atoms with Gasteiger partial charge in [0, 0.05) is 11.1 Å². The lowest BCUT2D eigenvalue weighted by molar-refractivity contribution is 0.100. The lowest BCUT2D eigenvalue weighted by Crippen LogP contribution is -2.12. The van der Waals surface area contributed by atoms with Gasteiger partial charge in [-0.05, 0) is 18.2 Å². The maximum absolute atomic E-state index is 11.2. The van der Waals surface area contributed by atoms with Gasteiger partial charge in [-0.15, -0.1) is 0 Å². The summed E-state index contributed by atoms with van der Waals surface area (Å²) in [6, 6.07) is 5.00. The summed E-state index contributed by atoms with van der Waals surface area (Å²) in [6.45, 7) is 6.59. The Kier molecular flexibility index (Phi) is 4.23. The van der Waals surface area contributed by atoms with Crippen molar-refractivity contribution in [3.8, 4) is 0 Å². The molecule has 112 valence electrons. The van der Waals surface area contributed by atoms with Gasteiger partial charge in [0.05, 0.1) is 23.3 Å². The van der Waals surface area contributed by atoms with Crippen molar-refractivity contribution in [1.29, 1.82) is 0 Å². The molecule has 1 amide bonds. The van der Waals surface area contributed by atoms with E-state index in [-0.39, 0.29) is 11.0 Å². The highest BCUT2D eigenvalue weighted by molar-refractivity contribution is 6.33. The van der Waals surface area contributed by atoms with Crippen LogP contribution in [0.5, 0.6) is 0 Å². The predicted octanol–water partition coefficient (Wildman–Crippen LogP) is 3.34. The van der Waals surface area contributed by atoms with Crippen LogP contribution in [0.4, 0.5) is 5.69 Å². The smallest absolute Gasteiger partial charge is 0.250 e. The number of amides is 1. The molecule has 1 heterocycles. The van der Waals surface area contributed by atoms with Gasteiger partial charge in [0.2, 0.25) is 11.8 Å². The number of hydrogen-bond acceptors (Lipinski definition) is 4. The van der Waals surface area contributed by atoms with Crippen molar-refractivity contribution in [2.75, 3.05) is 5.32 Å². The van der Waals surface area contributed by atoms with Gasteiger partial charge in [0.25, 0.3) is 0 Å². The van der Waals surface area contributed by atoms with Crippen LogP contribution in [0.3, 0.4) is 0 Å². The molecule has 2 aromatic rings. The predicted molar refractivity (Wildman–Crippen MR) is 82.5 cm³/mol. The third-order valence-corrected chi connectivity index (χ3v) is 3.30. The molecule has 0 radical (unpaired) electrons. The van der Waals surface area contributed by atoms with Crippen molar-refractivity contribution in [2.24, 2.45) is 5.73 Å². The zero-order chi connectivity index (χ0) is 15.6. The Balaban J connectivity index is 2.08. The third kappa shape index (κ3) is 3.76. The number of benzene rings is 1. The van der Waals surface area contributed by atoms with E-state index < -0.39 is 5.91 Å². The monoisotopic (exact) mass is 307 g/mol. The molecule has 0 aliphatic carbocycles. The summed E-state index contributed by atoms with van der Waals surface area (Å²) >= 11 is 5.90. The first-order chi connectivity index (χ1) is 9.77. The van der Waals surface area contributed by atoms with Gasteiger partial charge in [-0.3, -0.25) is 4.79 Å². The third-order valence-electron chi connectivity index (χ3n) is 2.97. The van der Waals surface area contributed by atoms with Crippen molar-refractivity contribution in [3.63, 3.8) is 0 Å². The highest BCUT2D eigenvalue weighted by atomic mass is 35.5. The van der Waals surface area contributed by atoms with E-state index in [1.54, 1.807) is 24.4 Å². The van der Waals surface area contributed by atoms with Crippen LogP contribution in [0.2, 0.25) is 5.02 Å². The number of rotatable bonds is 4. The Hall–Kier alpha value is -2.01. The highest BCUT2D eigenvalue weighted by Gasteiger charge is 2.19. The Morgan fingerprint density at radius 3 is 2.71 bits per heavy atom. The van der Waals surface area contributed by atoms with Gasteiger partial charge >= 0.3 is 0 Å². The average Bonchev–Trinajstić information content (AvgIpc) is 2.86. The maximum Gasteiger partial charge on any atom is 0.250 e. The molecule has 21 heavy (non-hydrogen) atoms. The number of carbonyl (C=O) groups excluding carboxylic acids is 1. The number of halogens is 1. The highest BCUT2D eigenvalue weighted by Crippen LogP contribution is 2.24. The second-order valence-electron chi connectivity index (χ2n) is 5.78. The van der Waals surface area contributed by atoms with Crippen molar-refractivity contribution >= 4 is 23.2 Å². The second kappa shape index (κ2) is 5.77. The summed E-state index contributed by atoms with van der Waals surface area (Å²) in [7, 11) is 0. The summed E-state index contributed by atoms with van der Waals surface area (Å²) in [4.78, 5) is 15.5. The van der Waals surface area contributed by atoms with Gasteiger partial charge < -0.3 is 15.5 Å². The fourth-order valence-corrected chi connectivity index (χ4v) is 1.95. The molecule has 0 saturated heterocycles. The van der Waals surface area contributed by atoms with Crippen LogP contribution in [0, 0.1) is 0 Å². The number of aromatic nitrogens is 1. The van der Waals surface area contributed by atoms with Crippen molar-refractivity contribution in [2.45, 2.75) is 32.7 Å². The Morgan fingerprint density at radius 2 is 2.14 bits per heavy atom. The molecule has 0 atom stereocenters. The maximum atomic E-state index is 11.2. The van der Waals surface area contributed by atoms with E-state index in [4.69, 9.17) is 21.8 Å². The number of carbonyl (C=O) groups is 1. The Bertz CT molecular complexity index is 659. The topological polar surface area (TPSA) is 81.1 Å². The zero-order valence-corrected chi connectivity index (χ0v) is 13.0. The molecule has 5 nitrogen and oxygen atoms in total. The fraction of sp³-hybridized carbons (Fsp3) is 0.333. The van der Waals surface area contributed by atoms with Crippen LogP contribution in [-0.4, -0.2) is 10.9 Å². The van der Waals surface area contributed by atoms with Gasteiger partial charge in [-0.2, -0.15) is 0 Å². The van der Waals surface area contributed by atoms with E-state index in [0.717, 1.165) is 11.4 Å². The number of nitrogens with zero attached hydrogens (tertiary/aromatic N) is 1.